The molecule has 1 saturated heterocycles. The van der Waals surface area contributed by atoms with E-state index in [2.05, 4.69) is 24.6 Å². The molecule has 3 heterocycles. The highest BCUT2D eigenvalue weighted by atomic mass is 32.2. The molecule has 0 spiro atoms. The highest BCUT2D eigenvalue weighted by Gasteiger charge is 2.29. The van der Waals surface area contributed by atoms with Gasteiger partial charge in [-0.05, 0) is 33.1 Å². The van der Waals surface area contributed by atoms with Crippen LogP contribution in [0.5, 0.6) is 5.88 Å². The Morgan fingerprint density at radius 3 is 2.67 bits per heavy atom. The number of hydrogen-bond donors (Lipinski definition) is 2. The smallest absolute Gasteiger partial charge is 0.422 e. The fraction of sp³-hybridized carbons (Fsp3) is 0.556. The van der Waals surface area contributed by atoms with Crippen molar-refractivity contribution in [2.45, 2.75) is 32.8 Å². The monoisotopic (exact) mass is 438 g/mol. The van der Waals surface area contributed by atoms with E-state index in [0.29, 0.717) is 18.2 Å². The molecule has 0 radical (unpaired) electrons. The van der Waals surface area contributed by atoms with Crippen molar-refractivity contribution in [3.05, 3.63) is 18.6 Å². The first-order chi connectivity index (χ1) is 14.1. The molecule has 0 aliphatic carbocycles. The Hall–Kier alpha value is -2.73. The van der Waals surface area contributed by atoms with Gasteiger partial charge in [-0.3, -0.25) is 0 Å². The van der Waals surface area contributed by atoms with Crippen LogP contribution in [0.3, 0.4) is 0 Å². The lowest BCUT2D eigenvalue weighted by Crippen LogP contribution is -2.49. The van der Waals surface area contributed by atoms with Crippen LogP contribution in [0.1, 0.15) is 27.2 Å². The summed E-state index contributed by atoms with van der Waals surface area (Å²) in [6, 6.07) is 1.80. The minimum Gasteiger partial charge on any atom is -0.481 e. The van der Waals surface area contributed by atoms with Gasteiger partial charge < -0.3 is 14.4 Å². The maximum absolute atomic E-state index is 11.9. The fourth-order valence-corrected chi connectivity index (χ4v) is 3.78. The quantitative estimate of drug-likeness (QED) is 0.654. The minimum atomic E-state index is -3.96. The van der Waals surface area contributed by atoms with Crippen LogP contribution in [0.2, 0.25) is 0 Å². The van der Waals surface area contributed by atoms with Gasteiger partial charge in [0.25, 0.3) is 0 Å². The Bertz CT molecular complexity index is 1020. The molecule has 1 fully saturated rings. The number of fused-ring (bicyclic) bond motifs is 1. The lowest BCUT2D eigenvalue weighted by Gasteiger charge is -2.40. The summed E-state index contributed by atoms with van der Waals surface area (Å²) in [5.74, 6) is 1.58. The predicted octanol–water partition coefficient (Wildman–Crippen LogP) is 1.22. The predicted molar refractivity (Wildman–Crippen MR) is 110 cm³/mol. The third-order valence-electron chi connectivity index (χ3n) is 4.40. The maximum atomic E-state index is 11.9. The highest BCUT2D eigenvalue weighted by Crippen LogP contribution is 2.31. The average Bonchev–Trinajstić information content (AvgIpc) is 2.60. The van der Waals surface area contributed by atoms with E-state index >= 15 is 0 Å². The molecular weight excluding hydrogens is 412 g/mol. The van der Waals surface area contributed by atoms with E-state index in [-0.39, 0.29) is 6.54 Å². The standard InChI is InChI=1S/C18H26N6O5S/c1-18(2,3)29-17(25)23-30(26,27)22-6-5-12-9-24(10-12)16-13-7-15(28-4)19-8-14(13)20-11-21-16/h7-8,11-12,22H,5-6,9-10H2,1-4H3,(H,23,25). The number of anilines is 1. The molecule has 0 unspecified atom stereocenters. The zero-order chi connectivity index (χ0) is 21.9. The minimum absolute atomic E-state index is 0.207. The Labute approximate surface area is 175 Å². The largest absolute Gasteiger partial charge is 0.481 e. The molecular formula is C18H26N6O5S. The summed E-state index contributed by atoms with van der Waals surface area (Å²) < 4.78 is 38.2. The van der Waals surface area contributed by atoms with Gasteiger partial charge in [0.15, 0.2) is 0 Å². The van der Waals surface area contributed by atoms with E-state index in [1.165, 1.54) is 6.33 Å². The zero-order valence-corrected chi connectivity index (χ0v) is 18.2. The van der Waals surface area contributed by atoms with Crippen molar-refractivity contribution >= 4 is 33.0 Å². The molecule has 2 aromatic heterocycles. The van der Waals surface area contributed by atoms with Crippen molar-refractivity contribution in [3.63, 3.8) is 0 Å². The number of nitrogens with one attached hydrogen (secondary N) is 2. The van der Waals surface area contributed by atoms with Crippen LogP contribution in [0.25, 0.3) is 10.9 Å². The number of pyridine rings is 1. The summed E-state index contributed by atoms with van der Waals surface area (Å²) in [6.45, 7) is 6.64. The van der Waals surface area contributed by atoms with Crippen LogP contribution in [0, 0.1) is 5.92 Å². The molecule has 11 nitrogen and oxygen atoms in total. The molecule has 3 rings (SSSR count). The molecule has 0 saturated carbocycles. The summed E-state index contributed by atoms with van der Waals surface area (Å²) in [4.78, 5) is 26.5. The van der Waals surface area contributed by atoms with Crippen molar-refractivity contribution in [2.24, 2.45) is 5.92 Å². The third kappa shape index (κ3) is 5.66. The molecule has 1 amide bonds. The summed E-state index contributed by atoms with van der Waals surface area (Å²) in [5.41, 5.74) is -0.0505. The number of ether oxygens (including phenoxy) is 2. The number of carbonyl (C=O) groups is 1. The molecule has 0 aromatic carbocycles. The van der Waals surface area contributed by atoms with Crippen LogP contribution in [0.15, 0.2) is 18.6 Å². The number of carbonyl (C=O) groups excluding carboxylic acids is 1. The van der Waals surface area contributed by atoms with Gasteiger partial charge in [0.05, 0.1) is 18.8 Å². The van der Waals surface area contributed by atoms with Gasteiger partial charge in [0, 0.05) is 31.1 Å². The SMILES string of the molecule is COc1cc2c(N3CC(CCNS(=O)(=O)NC(=O)OC(C)(C)C)C3)ncnc2cn1. The summed E-state index contributed by atoms with van der Waals surface area (Å²) in [6.07, 6.45) is 2.75. The average molecular weight is 439 g/mol. The Morgan fingerprint density at radius 1 is 1.27 bits per heavy atom. The van der Waals surface area contributed by atoms with Gasteiger partial charge in [-0.25, -0.2) is 24.5 Å². The second-order valence-corrected chi connectivity index (χ2v) is 9.50. The van der Waals surface area contributed by atoms with Crippen molar-refractivity contribution in [2.75, 3.05) is 31.6 Å². The first kappa shape index (κ1) is 22.0. The molecule has 0 bridgehead atoms. The molecule has 1 aliphatic heterocycles. The summed E-state index contributed by atoms with van der Waals surface area (Å²) in [5, 5.41) is 0.852. The molecule has 1 aliphatic rings. The van der Waals surface area contributed by atoms with E-state index in [0.717, 1.165) is 29.8 Å². The zero-order valence-electron chi connectivity index (χ0n) is 17.4. The number of amides is 1. The lowest BCUT2D eigenvalue weighted by atomic mass is 9.96. The number of aromatic nitrogens is 3. The van der Waals surface area contributed by atoms with Gasteiger partial charge in [-0.1, -0.05) is 0 Å². The Balaban J connectivity index is 1.49. The van der Waals surface area contributed by atoms with Crippen molar-refractivity contribution in [3.8, 4) is 5.88 Å². The topological polar surface area (TPSA) is 136 Å². The van der Waals surface area contributed by atoms with E-state index in [4.69, 9.17) is 9.47 Å². The van der Waals surface area contributed by atoms with E-state index < -0.39 is 21.9 Å². The number of hydrogen-bond acceptors (Lipinski definition) is 9. The van der Waals surface area contributed by atoms with Gasteiger partial charge >= 0.3 is 16.3 Å². The molecule has 2 N–H and O–H groups in total. The molecule has 2 aromatic rings. The second kappa shape index (κ2) is 8.56. The van der Waals surface area contributed by atoms with Gasteiger partial charge in [0.1, 0.15) is 17.7 Å². The van der Waals surface area contributed by atoms with Gasteiger partial charge in [0.2, 0.25) is 5.88 Å². The molecule has 164 valence electrons. The number of nitrogens with zero attached hydrogens (tertiary/aromatic N) is 4. The Morgan fingerprint density at radius 2 is 2.00 bits per heavy atom. The van der Waals surface area contributed by atoms with Crippen LogP contribution in [-0.4, -0.2) is 61.8 Å². The maximum Gasteiger partial charge on any atom is 0.422 e. The van der Waals surface area contributed by atoms with Gasteiger partial charge in [-0.15, -0.1) is 0 Å². The van der Waals surface area contributed by atoms with Crippen LogP contribution >= 0.6 is 0 Å². The highest BCUT2D eigenvalue weighted by molar-refractivity contribution is 7.88. The molecule has 12 heteroatoms. The van der Waals surface area contributed by atoms with Crippen molar-refractivity contribution in [1.82, 2.24) is 24.4 Å². The molecule has 30 heavy (non-hydrogen) atoms. The van der Waals surface area contributed by atoms with Crippen LogP contribution in [0.4, 0.5) is 10.6 Å². The fourth-order valence-electron chi connectivity index (χ4n) is 3.06. The van der Waals surface area contributed by atoms with E-state index in [1.807, 2.05) is 4.72 Å². The van der Waals surface area contributed by atoms with E-state index in [9.17, 15) is 13.2 Å². The first-order valence-electron chi connectivity index (χ1n) is 9.46. The molecule has 0 atom stereocenters. The van der Waals surface area contributed by atoms with Crippen molar-refractivity contribution < 1.29 is 22.7 Å². The first-order valence-corrected chi connectivity index (χ1v) is 10.9. The van der Waals surface area contributed by atoms with Gasteiger partial charge in [-0.2, -0.15) is 13.1 Å². The normalized spacial score (nSPS) is 15.0. The second-order valence-electron chi connectivity index (χ2n) is 8.00. The van der Waals surface area contributed by atoms with Crippen LogP contribution < -0.4 is 19.1 Å². The van der Waals surface area contributed by atoms with Crippen molar-refractivity contribution in [1.29, 1.82) is 0 Å². The summed E-state index contributed by atoms with van der Waals surface area (Å²) >= 11 is 0. The van der Waals surface area contributed by atoms with Crippen LogP contribution in [-0.2, 0) is 14.9 Å². The lowest BCUT2D eigenvalue weighted by molar-refractivity contribution is 0.0569. The number of methoxy groups -OCH3 is 1. The number of rotatable bonds is 7. The Kier molecular flexibility index (Phi) is 6.27. The van der Waals surface area contributed by atoms with E-state index in [1.54, 1.807) is 40.1 Å². The summed E-state index contributed by atoms with van der Waals surface area (Å²) in [7, 11) is -2.41. The third-order valence-corrected chi connectivity index (χ3v) is 5.42.